The molecule has 0 aromatic heterocycles. The Morgan fingerprint density at radius 3 is 1.75 bits per heavy atom. The zero-order valence-electron chi connectivity index (χ0n) is 15.3. The van der Waals surface area contributed by atoms with Gasteiger partial charge in [0, 0.05) is 20.8 Å². The average molecular weight is 599 g/mol. The predicted molar refractivity (Wildman–Crippen MR) is 103 cm³/mol. The first kappa shape index (κ1) is 25.3. The van der Waals surface area contributed by atoms with Gasteiger partial charge < -0.3 is 28.4 Å². The minimum atomic E-state index is -1.49. The van der Waals surface area contributed by atoms with E-state index in [1.54, 1.807) is 0 Å². The fraction of sp³-hybridized carbons (Fsp3) is 0.733. The quantitative estimate of drug-likeness (QED) is 0.253. The van der Waals surface area contributed by atoms with E-state index in [2.05, 4.69) is 52.5 Å². The Hall–Kier alpha value is -0.760. The fourth-order valence-electron chi connectivity index (χ4n) is 2.39. The van der Waals surface area contributed by atoms with E-state index in [9.17, 15) is 19.2 Å². The number of halogens is 3. The second-order valence-corrected chi connectivity index (χ2v) is 12.9. The van der Waals surface area contributed by atoms with Gasteiger partial charge >= 0.3 is 23.9 Å². The molecule has 0 bridgehead atoms. The Labute approximate surface area is 186 Å². The number of alkyl halides is 3. The molecule has 0 aromatic carbocycles. The molecule has 13 heteroatoms. The lowest BCUT2D eigenvalue weighted by Crippen LogP contribution is -2.64. The van der Waals surface area contributed by atoms with E-state index in [4.69, 9.17) is 23.7 Å². The number of carbonyl (C=O) groups excluding carboxylic acids is 4. The van der Waals surface area contributed by atoms with Crippen LogP contribution >= 0.6 is 47.8 Å². The van der Waals surface area contributed by atoms with Gasteiger partial charge in [-0.25, -0.2) is 4.79 Å². The van der Waals surface area contributed by atoms with Crippen LogP contribution in [0.5, 0.6) is 0 Å². The molecule has 0 radical (unpaired) electrons. The largest absolute Gasteiger partial charge is 0.467 e. The van der Waals surface area contributed by atoms with Crippen molar-refractivity contribution in [3.63, 3.8) is 0 Å². The smallest absolute Gasteiger partial charge is 0.339 e. The van der Waals surface area contributed by atoms with Crippen LogP contribution in [0.15, 0.2) is 0 Å². The van der Waals surface area contributed by atoms with Crippen molar-refractivity contribution in [2.45, 2.75) is 53.6 Å². The molecular formula is C15H19Br3O10. The zero-order chi connectivity index (χ0) is 21.6. The van der Waals surface area contributed by atoms with Crippen LogP contribution in [-0.4, -0.2) is 70.4 Å². The Morgan fingerprint density at radius 2 is 1.32 bits per heavy atom. The summed E-state index contributed by atoms with van der Waals surface area (Å²) >= 11 is 9.70. The van der Waals surface area contributed by atoms with Gasteiger partial charge in [-0.2, -0.15) is 0 Å². The molecule has 1 aliphatic heterocycles. The minimum absolute atomic E-state index is 0.0751. The number of carbonyl (C=O) groups is 4. The van der Waals surface area contributed by atoms with Crippen molar-refractivity contribution in [2.24, 2.45) is 0 Å². The molecule has 0 spiro atoms. The summed E-state index contributed by atoms with van der Waals surface area (Å²) in [6.45, 7) is 3.25. The highest BCUT2D eigenvalue weighted by atomic mass is 80.0. The number of esters is 4. The van der Waals surface area contributed by atoms with Gasteiger partial charge in [0.15, 0.2) is 32.8 Å². The molecular weight excluding hydrogens is 580 g/mol. The van der Waals surface area contributed by atoms with Crippen molar-refractivity contribution in [2.75, 3.05) is 13.7 Å². The molecule has 1 rings (SSSR count). The van der Waals surface area contributed by atoms with Crippen LogP contribution in [0.25, 0.3) is 0 Å². The van der Waals surface area contributed by atoms with E-state index < -0.39 is 56.7 Å². The van der Waals surface area contributed by atoms with Crippen molar-refractivity contribution < 1.29 is 47.6 Å². The van der Waals surface area contributed by atoms with Crippen LogP contribution in [0, 0.1) is 0 Å². The molecule has 0 aromatic rings. The summed E-state index contributed by atoms with van der Waals surface area (Å²) in [5, 5.41) is 0. The predicted octanol–water partition coefficient (Wildman–Crippen LogP) is 1.53. The summed E-state index contributed by atoms with van der Waals surface area (Å²) < 4.78 is 30.5. The first-order valence-electron chi connectivity index (χ1n) is 7.79. The molecule has 0 aliphatic carbocycles. The maximum Gasteiger partial charge on any atom is 0.339 e. The topological polar surface area (TPSA) is 124 Å². The Bertz CT molecular complexity index is 605. The molecule has 28 heavy (non-hydrogen) atoms. The van der Waals surface area contributed by atoms with Gasteiger partial charge in [0.2, 0.25) is 0 Å². The lowest BCUT2D eigenvalue weighted by atomic mass is 9.97. The SMILES string of the molecule is COC(=O)[C@H]1O[C@@H](OCC(Br)(Br)Br)[C@H](OC(C)=O)[C@@H](OC(C)=O)[C@@H]1OC(C)=O. The summed E-state index contributed by atoms with van der Waals surface area (Å²) in [6.07, 6.45) is -6.99. The molecule has 1 aliphatic rings. The highest BCUT2D eigenvalue weighted by Crippen LogP contribution is 2.36. The molecule has 0 amide bonds. The third-order valence-corrected chi connectivity index (χ3v) is 3.93. The summed E-state index contributed by atoms with van der Waals surface area (Å²) in [7, 11) is 1.10. The third kappa shape index (κ3) is 7.93. The number of ether oxygens (including phenoxy) is 6. The molecule has 160 valence electrons. The molecule has 0 saturated carbocycles. The van der Waals surface area contributed by atoms with Gasteiger partial charge in [-0.1, -0.05) is 47.8 Å². The lowest BCUT2D eigenvalue weighted by molar-refractivity contribution is -0.300. The van der Waals surface area contributed by atoms with Gasteiger partial charge in [0.1, 0.15) is 0 Å². The summed E-state index contributed by atoms with van der Waals surface area (Å²) in [6, 6.07) is 0. The minimum Gasteiger partial charge on any atom is -0.467 e. The molecule has 1 heterocycles. The zero-order valence-corrected chi connectivity index (χ0v) is 20.1. The maximum atomic E-state index is 12.2. The van der Waals surface area contributed by atoms with Gasteiger partial charge in [-0.05, 0) is 0 Å². The molecule has 0 N–H and O–H groups in total. The number of hydrogen-bond donors (Lipinski definition) is 0. The summed E-state index contributed by atoms with van der Waals surface area (Å²) in [5.74, 6) is -3.18. The van der Waals surface area contributed by atoms with E-state index in [0.29, 0.717) is 0 Å². The first-order valence-corrected chi connectivity index (χ1v) is 10.2. The summed E-state index contributed by atoms with van der Waals surface area (Å²) in [4.78, 5) is 46.9. The Kier molecular flexibility index (Phi) is 9.80. The van der Waals surface area contributed by atoms with Crippen LogP contribution in [0.4, 0.5) is 0 Å². The number of hydrogen-bond acceptors (Lipinski definition) is 10. The molecule has 10 nitrogen and oxygen atoms in total. The van der Waals surface area contributed by atoms with Gasteiger partial charge in [-0.3, -0.25) is 14.4 Å². The van der Waals surface area contributed by atoms with E-state index in [0.717, 1.165) is 27.9 Å². The van der Waals surface area contributed by atoms with E-state index in [-0.39, 0.29) is 6.61 Å². The standard InChI is InChI=1S/C15H19Br3O10/c1-6(19)25-9-10(26-7(2)20)12(27-8(3)21)14(24-5-15(16,17)18)28-11(9)13(22)23-4/h9-12,14H,5H2,1-4H3/t9-,10-,11-,12+,14+/m0/s1. The van der Waals surface area contributed by atoms with Crippen LogP contribution in [0.1, 0.15) is 20.8 Å². The monoisotopic (exact) mass is 596 g/mol. The maximum absolute atomic E-state index is 12.2. The van der Waals surface area contributed by atoms with Crippen molar-refractivity contribution in [1.82, 2.24) is 0 Å². The van der Waals surface area contributed by atoms with Crippen LogP contribution in [-0.2, 0) is 47.6 Å². The highest BCUT2D eigenvalue weighted by Gasteiger charge is 2.55. The normalized spacial score (nSPS) is 27.5. The van der Waals surface area contributed by atoms with Crippen LogP contribution in [0.2, 0.25) is 0 Å². The van der Waals surface area contributed by atoms with Gasteiger partial charge in [0.05, 0.1) is 13.7 Å². The van der Waals surface area contributed by atoms with Crippen molar-refractivity contribution in [3.05, 3.63) is 0 Å². The van der Waals surface area contributed by atoms with Gasteiger partial charge in [-0.15, -0.1) is 0 Å². The summed E-state index contributed by atoms with van der Waals surface area (Å²) in [5.41, 5.74) is 0. The Morgan fingerprint density at radius 1 is 0.857 bits per heavy atom. The molecule has 0 unspecified atom stereocenters. The fourth-order valence-corrected chi connectivity index (χ4v) is 2.79. The van der Waals surface area contributed by atoms with E-state index in [1.165, 1.54) is 0 Å². The molecule has 1 saturated heterocycles. The Balaban J connectivity index is 3.34. The van der Waals surface area contributed by atoms with E-state index >= 15 is 0 Å². The van der Waals surface area contributed by atoms with Crippen molar-refractivity contribution >= 4 is 71.7 Å². The average Bonchev–Trinajstić information content (AvgIpc) is 2.54. The highest BCUT2D eigenvalue weighted by molar-refractivity contribution is 9.39. The van der Waals surface area contributed by atoms with Crippen LogP contribution in [0.3, 0.4) is 0 Å². The first-order chi connectivity index (χ1) is 12.9. The van der Waals surface area contributed by atoms with E-state index in [1.807, 2.05) is 0 Å². The second kappa shape index (κ2) is 10.9. The lowest BCUT2D eigenvalue weighted by Gasteiger charge is -2.43. The molecule has 1 fully saturated rings. The number of rotatable bonds is 6. The third-order valence-electron chi connectivity index (χ3n) is 3.25. The van der Waals surface area contributed by atoms with Crippen molar-refractivity contribution in [1.29, 1.82) is 0 Å². The van der Waals surface area contributed by atoms with Crippen molar-refractivity contribution in [3.8, 4) is 0 Å². The van der Waals surface area contributed by atoms with Gasteiger partial charge in [0.25, 0.3) is 0 Å². The molecule has 5 atom stereocenters. The van der Waals surface area contributed by atoms with Crippen LogP contribution < -0.4 is 0 Å². The second-order valence-electron chi connectivity index (χ2n) is 5.60. The number of methoxy groups -OCH3 is 1.